The quantitative estimate of drug-likeness (QED) is 0.542. The van der Waals surface area contributed by atoms with Crippen molar-refractivity contribution < 1.29 is 33.8 Å². The van der Waals surface area contributed by atoms with E-state index < -0.39 is 41.4 Å². The molecule has 0 aromatic carbocycles. The molecule has 1 aliphatic heterocycles. The second kappa shape index (κ2) is 5.25. The number of carbonyl (C=O) groups is 4. The molecule has 1 amide bonds. The first-order chi connectivity index (χ1) is 8.64. The van der Waals surface area contributed by atoms with Gasteiger partial charge in [0.15, 0.2) is 5.78 Å². The van der Waals surface area contributed by atoms with E-state index in [-0.39, 0.29) is 6.54 Å². The van der Waals surface area contributed by atoms with E-state index in [4.69, 9.17) is 14.6 Å². The molecular formula is C11H15NO7. The first-order valence-corrected chi connectivity index (χ1v) is 5.60. The highest BCUT2D eigenvalue weighted by atomic mass is 16.7. The Morgan fingerprint density at radius 3 is 2.21 bits per heavy atom. The Morgan fingerprint density at radius 2 is 1.79 bits per heavy atom. The lowest BCUT2D eigenvalue weighted by molar-refractivity contribution is -0.238. The zero-order valence-electron chi connectivity index (χ0n) is 10.8. The minimum absolute atomic E-state index is 0.200. The van der Waals surface area contributed by atoms with E-state index in [9.17, 15) is 19.2 Å². The predicted molar refractivity (Wildman–Crippen MR) is 60.0 cm³/mol. The summed E-state index contributed by atoms with van der Waals surface area (Å²) < 4.78 is 9.63. The van der Waals surface area contributed by atoms with E-state index in [1.807, 2.05) is 5.32 Å². The number of ketones is 1. The number of amides is 1. The summed E-state index contributed by atoms with van der Waals surface area (Å²) in [7, 11) is 0. The summed E-state index contributed by atoms with van der Waals surface area (Å²) in [6.45, 7) is 3.95. The Hall–Kier alpha value is -2.12. The summed E-state index contributed by atoms with van der Waals surface area (Å²) in [5, 5.41) is 10.4. The van der Waals surface area contributed by atoms with Crippen LogP contribution < -0.4 is 5.32 Å². The first kappa shape index (κ1) is 14.9. The molecule has 0 aliphatic carbocycles. The van der Waals surface area contributed by atoms with Gasteiger partial charge in [-0.2, -0.15) is 0 Å². The lowest BCUT2D eigenvalue weighted by atomic mass is 9.93. The number of ether oxygens (including phenoxy) is 2. The molecule has 8 heteroatoms. The Kier molecular flexibility index (Phi) is 4.13. The van der Waals surface area contributed by atoms with E-state index in [2.05, 4.69) is 0 Å². The summed E-state index contributed by atoms with van der Waals surface area (Å²) in [6.07, 6.45) is -1.30. The molecule has 8 nitrogen and oxygen atoms in total. The Labute approximate surface area is 109 Å². The Bertz CT molecular complexity index is 409. The molecule has 1 atom stereocenters. The van der Waals surface area contributed by atoms with Crippen molar-refractivity contribution in [3.05, 3.63) is 0 Å². The molecule has 0 radical (unpaired) electrons. The zero-order chi connectivity index (χ0) is 14.8. The van der Waals surface area contributed by atoms with Gasteiger partial charge in [0.25, 0.3) is 5.79 Å². The molecule has 0 saturated carbocycles. The van der Waals surface area contributed by atoms with Gasteiger partial charge in [0.1, 0.15) is 0 Å². The van der Waals surface area contributed by atoms with E-state index in [1.165, 1.54) is 20.8 Å². The molecule has 1 rings (SSSR count). The zero-order valence-corrected chi connectivity index (χ0v) is 10.8. The van der Waals surface area contributed by atoms with Crippen LogP contribution in [0.15, 0.2) is 0 Å². The summed E-state index contributed by atoms with van der Waals surface area (Å²) in [5.74, 6) is -6.59. The van der Waals surface area contributed by atoms with Gasteiger partial charge in [-0.15, -0.1) is 0 Å². The molecule has 0 spiro atoms. The average molecular weight is 273 g/mol. The van der Waals surface area contributed by atoms with Gasteiger partial charge < -0.3 is 19.9 Å². The van der Waals surface area contributed by atoms with Crippen molar-refractivity contribution in [1.29, 1.82) is 0 Å². The van der Waals surface area contributed by atoms with Crippen LogP contribution in [0.3, 0.4) is 0 Å². The third-order valence-corrected chi connectivity index (χ3v) is 2.49. The minimum atomic E-state index is -1.65. The van der Waals surface area contributed by atoms with Gasteiger partial charge in [-0.3, -0.25) is 14.4 Å². The van der Waals surface area contributed by atoms with E-state index >= 15 is 0 Å². The fourth-order valence-corrected chi connectivity index (χ4v) is 1.58. The summed E-state index contributed by atoms with van der Waals surface area (Å²) in [6, 6.07) is 0. The van der Waals surface area contributed by atoms with Crippen LogP contribution in [0.1, 0.15) is 20.8 Å². The van der Waals surface area contributed by atoms with Gasteiger partial charge in [0.2, 0.25) is 5.92 Å². The number of rotatable bonds is 4. The van der Waals surface area contributed by atoms with Crippen LogP contribution in [0.2, 0.25) is 0 Å². The maximum Gasteiger partial charge on any atom is 0.404 e. The second-order valence-corrected chi connectivity index (χ2v) is 4.66. The molecular weight excluding hydrogens is 258 g/mol. The summed E-state index contributed by atoms with van der Waals surface area (Å²) in [4.78, 5) is 45.5. The van der Waals surface area contributed by atoms with E-state index in [0.29, 0.717) is 0 Å². The molecule has 0 aromatic heterocycles. The molecule has 1 aliphatic rings. The molecule has 1 saturated heterocycles. The Morgan fingerprint density at radius 1 is 1.32 bits per heavy atom. The van der Waals surface area contributed by atoms with Crippen molar-refractivity contribution in [3.8, 4) is 0 Å². The third kappa shape index (κ3) is 3.67. The van der Waals surface area contributed by atoms with Gasteiger partial charge in [-0.05, 0) is 0 Å². The summed E-state index contributed by atoms with van der Waals surface area (Å²) in [5.41, 5.74) is 0. The molecule has 0 bridgehead atoms. The molecule has 19 heavy (non-hydrogen) atoms. The highest BCUT2D eigenvalue weighted by molar-refractivity contribution is 6.16. The minimum Gasteiger partial charge on any atom is -0.465 e. The molecule has 106 valence electrons. The number of nitrogens with one attached hydrogen (secondary N) is 1. The van der Waals surface area contributed by atoms with Gasteiger partial charge in [-0.25, -0.2) is 4.79 Å². The van der Waals surface area contributed by atoms with Crippen LogP contribution in [-0.4, -0.2) is 41.3 Å². The van der Waals surface area contributed by atoms with Gasteiger partial charge >= 0.3 is 18.0 Å². The smallest absolute Gasteiger partial charge is 0.404 e. The van der Waals surface area contributed by atoms with Crippen LogP contribution in [0.5, 0.6) is 0 Å². The maximum absolute atomic E-state index is 11.9. The fourth-order valence-electron chi connectivity index (χ4n) is 1.58. The largest absolute Gasteiger partial charge is 0.465 e. The topological polar surface area (TPSA) is 119 Å². The number of hydrogen-bond acceptors (Lipinski definition) is 6. The molecule has 0 aromatic rings. The predicted octanol–water partition coefficient (Wildman–Crippen LogP) is -0.0885. The molecule has 1 unspecified atom stereocenters. The SMILES string of the molecule is CC(CNC(=O)O)C(=O)C1C(=O)OC(C)(C)OC1=O. The lowest BCUT2D eigenvalue weighted by Crippen LogP contribution is -2.51. The van der Waals surface area contributed by atoms with Crippen LogP contribution in [0, 0.1) is 11.8 Å². The first-order valence-electron chi connectivity index (χ1n) is 5.60. The number of Topliss-reactive ketones (excluding diaryl/α,β-unsaturated/α-hetero) is 1. The van der Waals surface area contributed by atoms with Gasteiger partial charge in [-0.1, -0.05) is 6.92 Å². The highest BCUT2D eigenvalue weighted by Gasteiger charge is 2.48. The number of hydrogen-bond donors (Lipinski definition) is 2. The Balaban J connectivity index is 2.74. The van der Waals surface area contributed by atoms with E-state index in [0.717, 1.165) is 0 Å². The number of cyclic esters (lactones) is 2. The lowest BCUT2D eigenvalue weighted by Gasteiger charge is -2.32. The second-order valence-electron chi connectivity index (χ2n) is 4.66. The standard InChI is InChI=1S/C11H15NO7/c1-5(4-12-10(16)17)7(13)6-8(14)18-11(2,3)19-9(6)15/h5-6,12H,4H2,1-3H3,(H,16,17). The number of carbonyl (C=O) groups excluding carboxylic acids is 3. The fraction of sp³-hybridized carbons (Fsp3) is 0.636. The summed E-state index contributed by atoms with van der Waals surface area (Å²) >= 11 is 0. The highest BCUT2D eigenvalue weighted by Crippen LogP contribution is 2.25. The molecule has 1 fully saturated rings. The van der Waals surface area contributed by atoms with Crippen molar-refractivity contribution in [1.82, 2.24) is 5.32 Å². The van der Waals surface area contributed by atoms with Crippen LogP contribution in [-0.2, 0) is 23.9 Å². The number of carboxylic acid groups (broad SMARTS) is 1. The average Bonchev–Trinajstić information content (AvgIpc) is 2.22. The van der Waals surface area contributed by atoms with Crippen molar-refractivity contribution >= 4 is 23.8 Å². The number of esters is 2. The normalized spacial score (nSPS) is 20.2. The van der Waals surface area contributed by atoms with Crippen LogP contribution in [0.4, 0.5) is 4.79 Å². The van der Waals surface area contributed by atoms with Crippen molar-refractivity contribution in [3.63, 3.8) is 0 Å². The van der Waals surface area contributed by atoms with Gasteiger partial charge in [0.05, 0.1) is 0 Å². The van der Waals surface area contributed by atoms with E-state index in [1.54, 1.807) is 0 Å². The van der Waals surface area contributed by atoms with Crippen molar-refractivity contribution in [2.75, 3.05) is 6.54 Å². The maximum atomic E-state index is 11.9. The monoisotopic (exact) mass is 273 g/mol. The van der Waals surface area contributed by atoms with Crippen LogP contribution in [0.25, 0.3) is 0 Å². The van der Waals surface area contributed by atoms with Gasteiger partial charge in [0, 0.05) is 26.3 Å². The molecule has 2 N–H and O–H groups in total. The van der Waals surface area contributed by atoms with Crippen molar-refractivity contribution in [2.45, 2.75) is 26.6 Å². The third-order valence-electron chi connectivity index (χ3n) is 2.49. The van der Waals surface area contributed by atoms with Crippen molar-refractivity contribution in [2.24, 2.45) is 11.8 Å². The van der Waals surface area contributed by atoms with Crippen LogP contribution >= 0.6 is 0 Å². The molecule has 1 heterocycles.